The Bertz CT molecular complexity index is 863. The number of benzene rings is 2. The number of methoxy groups -OCH3 is 1. The fraction of sp³-hybridized carbons (Fsp3) is 0.105. The molecule has 0 saturated carbocycles. The highest BCUT2D eigenvalue weighted by molar-refractivity contribution is 9.10. The Morgan fingerprint density at radius 1 is 1.38 bits per heavy atom. The zero-order valence-electron chi connectivity index (χ0n) is 12.8. The Hall–Kier alpha value is -2.76. The molecule has 0 fully saturated rings. The fourth-order valence-electron chi connectivity index (χ4n) is 2.08. The zero-order valence-corrected chi connectivity index (χ0v) is 14.4. The molecule has 0 aromatic heterocycles. The Morgan fingerprint density at radius 3 is 2.79 bits per heavy atom. The molecule has 0 heterocycles. The SMILES string of the molecule is C#CCOc1c(Br)cc(C=C(C#N)c2cccc(F)c2)cc1OC. The van der Waals surface area contributed by atoms with Gasteiger partial charge in [-0.05, 0) is 57.4 Å². The molecule has 3 nitrogen and oxygen atoms in total. The van der Waals surface area contributed by atoms with Crippen molar-refractivity contribution in [1.29, 1.82) is 5.26 Å². The number of rotatable bonds is 5. The summed E-state index contributed by atoms with van der Waals surface area (Å²) in [6.45, 7) is 0.108. The summed E-state index contributed by atoms with van der Waals surface area (Å²) in [4.78, 5) is 0. The van der Waals surface area contributed by atoms with Crippen LogP contribution in [0.25, 0.3) is 11.6 Å². The molecular weight excluding hydrogens is 373 g/mol. The molecule has 0 atom stereocenters. The number of halogens is 2. The van der Waals surface area contributed by atoms with Crippen molar-refractivity contribution in [3.8, 4) is 29.9 Å². The van der Waals surface area contributed by atoms with E-state index in [4.69, 9.17) is 15.9 Å². The van der Waals surface area contributed by atoms with Gasteiger partial charge in [-0.2, -0.15) is 5.26 Å². The summed E-state index contributed by atoms with van der Waals surface area (Å²) in [5.41, 5.74) is 1.54. The van der Waals surface area contributed by atoms with E-state index in [1.54, 1.807) is 30.3 Å². The first-order valence-corrected chi connectivity index (χ1v) is 7.70. The van der Waals surface area contributed by atoms with Gasteiger partial charge in [0.1, 0.15) is 12.4 Å². The van der Waals surface area contributed by atoms with Crippen LogP contribution in [0.1, 0.15) is 11.1 Å². The molecule has 0 aliphatic rings. The van der Waals surface area contributed by atoms with Crippen LogP contribution in [0.2, 0.25) is 0 Å². The van der Waals surface area contributed by atoms with Crippen molar-refractivity contribution < 1.29 is 13.9 Å². The molecule has 0 unspecified atom stereocenters. The minimum Gasteiger partial charge on any atom is -0.493 e. The number of allylic oxidation sites excluding steroid dienone is 1. The third kappa shape index (κ3) is 4.16. The third-order valence-electron chi connectivity index (χ3n) is 3.12. The van der Waals surface area contributed by atoms with Gasteiger partial charge in [-0.1, -0.05) is 18.1 Å². The molecule has 5 heteroatoms. The summed E-state index contributed by atoms with van der Waals surface area (Å²) in [7, 11) is 1.51. The Labute approximate surface area is 148 Å². The molecule has 0 radical (unpaired) electrons. The van der Waals surface area contributed by atoms with Crippen LogP contribution in [0.15, 0.2) is 40.9 Å². The van der Waals surface area contributed by atoms with Gasteiger partial charge in [0.15, 0.2) is 11.5 Å². The first-order valence-electron chi connectivity index (χ1n) is 6.90. The molecule has 24 heavy (non-hydrogen) atoms. The van der Waals surface area contributed by atoms with E-state index in [1.165, 1.54) is 19.2 Å². The lowest BCUT2D eigenvalue weighted by atomic mass is 10.0. The normalized spacial score (nSPS) is 10.6. The Morgan fingerprint density at radius 2 is 2.17 bits per heavy atom. The summed E-state index contributed by atoms with van der Waals surface area (Å²) in [6.07, 6.45) is 6.85. The van der Waals surface area contributed by atoms with Crippen molar-refractivity contribution in [2.45, 2.75) is 0 Å². The first-order chi connectivity index (χ1) is 11.6. The Balaban J connectivity index is 2.46. The molecule has 2 aromatic rings. The van der Waals surface area contributed by atoms with Gasteiger partial charge in [0.2, 0.25) is 0 Å². The third-order valence-corrected chi connectivity index (χ3v) is 3.71. The average Bonchev–Trinajstić information content (AvgIpc) is 2.58. The van der Waals surface area contributed by atoms with E-state index < -0.39 is 5.82 Å². The van der Waals surface area contributed by atoms with Crippen molar-refractivity contribution in [2.75, 3.05) is 13.7 Å². The molecule has 2 rings (SSSR count). The fourth-order valence-corrected chi connectivity index (χ4v) is 2.65. The lowest BCUT2D eigenvalue weighted by Crippen LogP contribution is -1.98. The topological polar surface area (TPSA) is 42.2 Å². The van der Waals surface area contributed by atoms with Crippen molar-refractivity contribution >= 4 is 27.6 Å². The van der Waals surface area contributed by atoms with Crippen molar-refractivity contribution in [1.82, 2.24) is 0 Å². The van der Waals surface area contributed by atoms with E-state index in [2.05, 4.69) is 27.9 Å². The largest absolute Gasteiger partial charge is 0.493 e. The second kappa shape index (κ2) is 8.19. The molecule has 0 saturated heterocycles. The van der Waals surface area contributed by atoms with Crippen LogP contribution >= 0.6 is 15.9 Å². The number of nitriles is 1. The van der Waals surface area contributed by atoms with E-state index >= 15 is 0 Å². The van der Waals surface area contributed by atoms with Gasteiger partial charge in [0.25, 0.3) is 0 Å². The van der Waals surface area contributed by atoms with Crippen LogP contribution in [0, 0.1) is 29.5 Å². The lowest BCUT2D eigenvalue weighted by Gasteiger charge is -2.12. The molecule has 0 N–H and O–H groups in total. The van der Waals surface area contributed by atoms with E-state index in [9.17, 15) is 9.65 Å². The summed E-state index contributed by atoms with van der Waals surface area (Å²) in [6, 6.07) is 11.4. The second-order valence-corrected chi connectivity index (χ2v) is 5.56. The summed E-state index contributed by atoms with van der Waals surface area (Å²) in [5, 5.41) is 9.37. The average molecular weight is 386 g/mol. The minimum atomic E-state index is -0.398. The predicted molar refractivity (Wildman–Crippen MR) is 94.9 cm³/mol. The monoisotopic (exact) mass is 385 g/mol. The van der Waals surface area contributed by atoms with Gasteiger partial charge in [-0.3, -0.25) is 0 Å². The predicted octanol–water partition coefficient (Wildman–Crippen LogP) is 4.67. The smallest absolute Gasteiger partial charge is 0.176 e. The standard InChI is InChI=1S/C19H13BrFNO2/c1-3-7-24-19-17(20)9-13(10-18(19)23-2)8-15(12-22)14-5-4-6-16(21)11-14/h1,4-6,8-11H,7H2,2H3. The molecule has 2 aromatic carbocycles. The number of ether oxygens (including phenoxy) is 2. The van der Waals surface area contributed by atoms with E-state index in [1.807, 2.05) is 0 Å². The Kier molecular flexibility index (Phi) is 6.01. The van der Waals surface area contributed by atoms with Crippen molar-refractivity contribution in [3.63, 3.8) is 0 Å². The van der Waals surface area contributed by atoms with Crippen LogP contribution in [0.4, 0.5) is 4.39 Å². The van der Waals surface area contributed by atoms with E-state index in [0.29, 0.717) is 32.7 Å². The molecule has 120 valence electrons. The quantitative estimate of drug-likeness (QED) is 0.426. The van der Waals surface area contributed by atoms with Crippen LogP contribution in [-0.4, -0.2) is 13.7 Å². The maximum absolute atomic E-state index is 13.4. The van der Waals surface area contributed by atoms with E-state index in [0.717, 1.165) is 0 Å². The molecule has 0 spiro atoms. The van der Waals surface area contributed by atoms with Crippen molar-refractivity contribution in [2.24, 2.45) is 0 Å². The molecular formula is C19H13BrFNO2. The minimum absolute atomic E-state index is 0.108. The molecule has 0 amide bonds. The summed E-state index contributed by atoms with van der Waals surface area (Å²) >= 11 is 3.40. The van der Waals surface area contributed by atoms with Gasteiger partial charge >= 0.3 is 0 Å². The zero-order chi connectivity index (χ0) is 17.5. The second-order valence-electron chi connectivity index (χ2n) is 4.71. The van der Waals surface area contributed by atoms with E-state index in [-0.39, 0.29) is 6.61 Å². The van der Waals surface area contributed by atoms with Crippen molar-refractivity contribution in [3.05, 3.63) is 57.8 Å². The summed E-state index contributed by atoms with van der Waals surface area (Å²) < 4.78 is 24.8. The van der Waals surface area contributed by atoms with Gasteiger partial charge in [0.05, 0.1) is 23.2 Å². The molecule has 0 aliphatic heterocycles. The molecule has 0 bridgehead atoms. The van der Waals surface area contributed by atoms with Gasteiger partial charge in [0, 0.05) is 0 Å². The summed E-state index contributed by atoms with van der Waals surface area (Å²) in [5.74, 6) is 2.95. The lowest BCUT2D eigenvalue weighted by molar-refractivity contribution is 0.329. The van der Waals surface area contributed by atoms with Gasteiger partial charge < -0.3 is 9.47 Å². The highest BCUT2D eigenvalue weighted by Gasteiger charge is 2.12. The number of hydrogen-bond donors (Lipinski definition) is 0. The van der Waals surface area contributed by atoms with Gasteiger partial charge in [-0.15, -0.1) is 6.42 Å². The highest BCUT2D eigenvalue weighted by Crippen LogP contribution is 2.37. The number of nitrogens with zero attached hydrogens (tertiary/aromatic N) is 1. The van der Waals surface area contributed by atoms with Crippen LogP contribution < -0.4 is 9.47 Å². The highest BCUT2D eigenvalue weighted by atomic mass is 79.9. The van der Waals surface area contributed by atoms with Gasteiger partial charge in [-0.25, -0.2) is 4.39 Å². The molecule has 0 aliphatic carbocycles. The maximum Gasteiger partial charge on any atom is 0.176 e. The van der Waals surface area contributed by atoms with Crippen LogP contribution in [0.5, 0.6) is 11.5 Å². The van der Waals surface area contributed by atoms with Crippen LogP contribution in [0.3, 0.4) is 0 Å². The van der Waals surface area contributed by atoms with Crippen LogP contribution in [-0.2, 0) is 0 Å². The number of terminal acetylenes is 1. The first kappa shape index (κ1) is 17.6. The number of hydrogen-bond acceptors (Lipinski definition) is 3. The maximum atomic E-state index is 13.4.